The number of H-pyrrole nitrogens is 1. The first-order valence-electron chi connectivity index (χ1n) is 11.7. The Kier molecular flexibility index (Phi) is 6.65. The van der Waals surface area contributed by atoms with Crippen LogP contribution in [0.2, 0.25) is 0 Å². The van der Waals surface area contributed by atoms with Crippen molar-refractivity contribution >= 4 is 26.7 Å². The van der Waals surface area contributed by atoms with Gasteiger partial charge < -0.3 is 9.64 Å². The number of rotatable bonds is 8. The molecule has 2 heterocycles. The zero-order valence-corrected chi connectivity index (χ0v) is 21.0. The van der Waals surface area contributed by atoms with Crippen LogP contribution in [0.25, 0.3) is 10.8 Å². The van der Waals surface area contributed by atoms with Crippen molar-refractivity contribution in [3.05, 3.63) is 89.7 Å². The number of likely N-dealkylation sites (tertiary alicyclic amines) is 1. The van der Waals surface area contributed by atoms with Crippen LogP contribution in [0.3, 0.4) is 0 Å². The molecule has 1 aromatic heterocycles. The van der Waals surface area contributed by atoms with Gasteiger partial charge in [0.1, 0.15) is 11.8 Å². The topological polar surface area (TPSA) is 119 Å². The number of benzene rings is 3. The Labute approximate surface area is 214 Å². The first kappa shape index (κ1) is 24.5. The summed E-state index contributed by atoms with van der Waals surface area (Å²) in [4.78, 5) is 15.3. The number of carbonyl (C=O) groups is 1. The SMILES string of the molecule is COc1ccc2ccc(S(=O)(=O)N(Cc3ccn[nH]3)[C@H]3CCN(Cc4cccc(C#N)c4)C3=O)cc2c1. The quantitative estimate of drug-likeness (QED) is 0.384. The van der Waals surface area contributed by atoms with Gasteiger partial charge in [-0.05, 0) is 65.2 Å². The van der Waals surface area contributed by atoms with E-state index in [1.165, 1.54) is 4.31 Å². The van der Waals surface area contributed by atoms with Crippen LogP contribution >= 0.6 is 0 Å². The maximum Gasteiger partial charge on any atom is 0.244 e. The normalized spacial score (nSPS) is 15.9. The second kappa shape index (κ2) is 10.0. The highest BCUT2D eigenvalue weighted by atomic mass is 32.2. The molecule has 1 saturated heterocycles. The molecule has 3 aromatic carbocycles. The molecule has 5 rings (SSSR count). The molecule has 9 nitrogen and oxygen atoms in total. The molecule has 37 heavy (non-hydrogen) atoms. The summed E-state index contributed by atoms with van der Waals surface area (Å²) in [5, 5.41) is 17.5. The van der Waals surface area contributed by atoms with Gasteiger partial charge in [-0.1, -0.05) is 24.3 Å². The molecule has 0 spiro atoms. The number of nitrogens with zero attached hydrogens (tertiary/aromatic N) is 4. The molecule has 0 bridgehead atoms. The molecule has 0 aliphatic carbocycles. The minimum absolute atomic E-state index is 0.0212. The van der Waals surface area contributed by atoms with E-state index in [-0.39, 0.29) is 17.3 Å². The van der Waals surface area contributed by atoms with Gasteiger partial charge in [0.15, 0.2) is 0 Å². The fourth-order valence-corrected chi connectivity index (χ4v) is 6.26. The first-order valence-corrected chi connectivity index (χ1v) is 13.2. The van der Waals surface area contributed by atoms with Crippen LogP contribution in [0.15, 0.2) is 77.8 Å². The number of ether oxygens (including phenoxy) is 1. The van der Waals surface area contributed by atoms with Crippen molar-refractivity contribution in [2.24, 2.45) is 0 Å². The average Bonchev–Trinajstić information content (AvgIpc) is 3.56. The van der Waals surface area contributed by atoms with E-state index in [0.29, 0.717) is 36.5 Å². The fraction of sp³-hybridized carbons (Fsp3) is 0.222. The Bertz CT molecular complexity index is 1590. The molecule has 1 amide bonds. The Morgan fingerprint density at radius 3 is 2.73 bits per heavy atom. The standard InChI is InChI=1S/C27H25N5O4S/c1-36-24-7-5-21-6-8-25(15-22(21)14-24)37(34,35)32(18-23-9-11-29-30-23)26-10-12-31(27(26)33)17-20-4-2-3-19(13-20)16-28/h2-9,11,13-15,26H,10,12,17-18H2,1H3,(H,29,30)/t26-/m0/s1. The van der Waals surface area contributed by atoms with Crippen molar-refractivity contribution in [1.82, 2.24) is 19.4 Å². The molecule has 1 aliphatic heterocycles. The molecule has 1 aliphatic rings. The van der Waals surface area contributed by atoms with Crippen LogP contribution in [0.4, 0.5) is 0 Å². The first-order chi connectivity index (χ1) is 17.9. The average molecular weight is 516 g/mol. The Morgan fingerprint density at radius 1 is 1.14 bits per heavy atom. The number of carbonyl (C=O) groups excluding carboxylic acids is 1. The maximum absolute atomic E-state index is 14.0. The number of fused-ring (bicyclic) bond motifs is 1. The zero-order valence-electron chi connectivity index (χ0n) is 20.2. The number of hydrogen-bond donors (Lipinski definition) is 1. The van der Waals surface area contributed by atoms with Gasteiger partial charge in [-0.15, -0.1) is 0 Å². The second-order valence-corrected chi connectivity index (χ2v) is 10.8. The Morgan fingerprint density at radius 2 is 1.97 bits per heavy atom. The number of hydrogen-bond acceptors (Lipinski definition) is 6. The number of aromatic amines is 1. The minimum Gasteiger partial charge on any atom is -0.497 e. The fourth-order valence-electron chi connectivity index (χ4n) is 4.64. The van der Waals surface area contributed by atoms with E-state index in [9.17, 15) is 18.5 Å². The lowest BCUT2D eigenvalue weighted by molar-refractivity contribution is -0.131. The van der Waals surface area contributed by atoms with E-state index in [2.05, 4.69) is 16.3 Å². The van der Waals surface area contributed by atoms with Crippen LogP contribution in [0.5, 0.6) is 5.75 Å². The van der Waals surface area contributed by atoms with Crippen molar-refractivity contribution in [1.29, 1.82) is 5.26 Å². The van der Waals surface area contributed by atoms with Crippen LogP contribution in [-0.2, 0) is 27.9 Å². The van der Waals surface area contributed by atoms with Gasteiger partial charge in [0.25, 0.3) is 0 Å². The number of nitriles is 1. The maximum atomic E-state index is 14.0. The van der Waals surface area contributed by atoms with Crippen molar-refractivity contribution in [2.75, 3.05) is 13.7 Å². The number of aromatic nitrogens is 2. The third kappa shape index (κ3) is 4.91. The lowest BCUT2D eigenvalue weighted by atomic mass is 10.1. The van der Waals surface area contributed by atoms with Gasteiger partial charge in [0, 0.05) is 19.3 Å². The molecule has 1 fully saturated rings. The lowest BCUT2D eigenvalue weighted by Crippen LogP contribution is -2.44. The van der Waals surface area contributed by atoms with Crippen molar-refractivity contribution < 1.29 is 17.9 Å². The lowest BCUT2D eigenvalue weighted by Gasteiger charge is -2.27. The summed E-state index contributed by atoms with van der Waals surface area (Å²) in [6, 6.07) is 20.4. The number of sulfonamides is 1. The van der Waals surface area contributed by atoms with E-state index in [4.69, 9.17) is 4.74 Å². The van der Waals surface area contributed by atoms with Gasteiger partial charge in [0.2, 0.25) is 15.9 Å². The molecular formula is C27H25N5O4S. The largest absolute Gasteiger partial charge is 0.497 e. The van der Waals surface area contributed by atoms with Crippen molar-refractivity contribution in [3.63, 3.8) is 0 Å². The summed E-state index contributed by atoms with van der Waals surface area (Å²) in [7, 11) is -2.50. The molecule has 0 unspecified atom stereocenters. The van der Waals surface area contributed by atoms with E-state index < -0.39 is 16.1 Å². The summed E-state index contributed by atoms with van der Waals surface area (Å²) < 4.78 is 34.5. The summed E-state index contributed by atoms with van der Waals surface area (Å²) in [5.74, 6) is 0.353. The van der Waals surface area contributed by atoms with Crippen molar-refractivity contribution in [2.45, 2.75) is 30.4 Å². The van der Waals surface area contributed by atoms with E-state index >= 15 is 0 Å². The molecule has 0 saturated carbocycles. The van der Waals surface area contributed by atoms with Gasteiger partial charge in [-0.25, -0.2) is 8.42 Å². The summed E-state index contributed by atoms with van der Waals surface area (Å²) in [6.07, 6.45) is 1.90. The molecule has 1 atom stereocenters. The van der Waals surface area contributed by atoms with E-state index in [0.717, 1.165) is 16.3 Å². The molecule has 10 heteroatoms. The third-order valence-corrected chi connectivity index (χ3v) is 8.41. The Hall–Kier alpha value is -4.20. The predicted octanol–water partition coefficient (Wildman–Crippen LogP) is 3.44. The highest BCUT2D eigenvalue weighted by Gasteiger charge is 2.42. The molecule has 0 radical (unpaired) electrons. The number of nitrogens with one attached hydrogen (secondary N) is 1. The molecular weight excluding hydrogens is 490 g/mol. The van der Waals surface area contributed by atoms with Crippen molar-refractivity contribution in [3.8, 4) is 11.8 Å². The van der Waals surface area contributed by atoms with Gasteiger partial charge in [0.05, 0.1) is 35.9 Å². The van der Waals surface area contributed by atoms with Crippen LogP contribution in [-0.4, -0.2) is 53.4 Å². The smallest absolute Gasteiger partial charge is 0.244 e. The Balaban J connectivity index is 1.47. The van der Waals surface area contributed by atoms with Gasteiger partial charge >= 0.3 is 0 Å². The van der Waals surface area contributed by atoms with Crippen LogP contribution in [0, 0.1) is 11.3 Å². The molecule has 4 aromatic rings. The van der Waals surface area contributed by atoms with Crippen LogP contribution < -0.4 is 4.74 Å². The monoisotopic (exact) mass is 515 g/mol. The van der Waals surface area contributed by atoms with E-state index in [1.54, 1.807) is 66.7 Å². The minimum atomic E-state index is -4.06. The summed E-state index contributed by atoms with van der Waals surface area (Å²) in [6.45, 7) is 0.690. The predicted molar refractivity (Wildman–Crippen MR) is 137 cm³/mol. The highest BCUT2D eigenvalue weighted by Crippen LogP contribution is 2.30. The zero-order chi connectivity index (χ0) is 26.0. The number of methoxy groups -OCH3 is 1. The van der Waals surface area contributed by atoms with E-state index in [1.807, 2.05) is 18.2 Å². The van der Waals surface area contributed by atoms with Gasteiger partial charge in [-0.2, -0.15) is 14.7 Å². The third-order valence-electron chi connectivity index (χ3n) is 6.56. The highest BCUT2D eigenvalue weighted by molar-refractivity contribution is 7.89. The summed E-state index contributed by atoms with van der Waals surface area (Å²) in [5.41, 5.74) is 1.91. The van der Waals surface area contributed by atoms with Crippen LogP contribution in [0.1, 0.15) is 23.2 Å². The second-order valence-electron chi connectivity index (χ2n) is 8.88. The molecule has 188 valence electrons. The number of amides is 1. The van der Waals surface area contributed by atoms with Gasteiger partial charge in [-0.3, -0.25) is 9.89 Å². The summed E-state index contributed by atoms with van der Waals surface area (Å²) >= 11 is 0. The molecule has 1 N–H and O–H groups in total.